The lowest BCUT2D eigenvalue weighted by atomic mass is 9.96. The molecule has 2 aliphatic heterocycles. The number of hydrogen-bond donors (Lipinski definition) is 1. The molecule has 3 aromatic rings. The number of hydrogen-bond acceptors (Lipinski definition) is 4. The fourth-order valence-electron chi connectivity index (χ4n) is 4.56. The van der Waals surface area contributed by atoms with Crippen molar-refractivity contribution in [2.24, 2.45) is 5.92 Å². The molecule has 1 fully saturated rings. The predicted molar refractivity (Wildman–Crippen MR) is 107 cm³/mol. The third kappa shape index (κ3) is 2.97. The van der Waals surface area contributed by atoms with Gasteiger partial charge in [-0.3, -0.25) is 0 Å². The quantitative estimate of drug-likeness (QED) is 0.773. The molecule has 0 aliphatic carbocycles. The summed E-state index contributed by atoms with van der Waals surface area (Å²) in [5.41, 5.74) is 3.66. The van der Waals surface area contributed by atoms with Gasteiger partial charge in [0.25, 0.3) is 0 Å². The van der Waals surface area contributed by atoms with Gasteiger partial charge in [-0.25, -0.2) is 4.98 Å². The van der Waals surface area contributed by atoms with Crippen LogP contribution in [-0.4, -0.2) is 43.4 Å². The molecule has 6 nitrogen and oxygen atoms in total. The molecule has 27 heavy (non-hydrogen) atoms. The number of para-hydroxylation sites is 1. The van der Waals surface area contributed by atoms with Crippen LogP contribution in [0, 0.1) is 5.92 Å². The number of fused-ring (bicyclic) bond motifs is 2. The van der Waals surface area contributed by atoms with Crippen molar-refractivity contribution in [3.8, 4) is 5.95 Å². The van der Waals surface area contributed by atoms with Crippen LogP contribution < -0.4 is 5.32 Å². The van der Waals surface area contributed by atoms with Crippen LogP contribution in [0.3, 0.4) is 0 Å². The molecule has 1 N–H and O–H groups in total. The van der Waals surface area contributed by atoms with E-state index in [4.69, 9.17) is 4.98 Å². The lowest BCUT2D eigenvalue weighted by molar-refractivity contribution is 0.141. The average molecular weight is 364 g/mol. The molecule has 0 unspecified atom stereocenters. The SMILES string of the molecule is CC(C)N1CCC(Cn2c(-n3ncc4ccccc43)nc3c2CNC3)CC1. The maximum Gasteiger partial charge on any atom is 0.231 e. The molecule has 0 amide bonds. The maximum atomic E-state index is 4.98. The standard InChI is InChI=1S/C21H28N6/c1-15(2)25-9-7-16(8-10-25)14-26-20-13-22-12-18(20)24-21(26)27-19-6-4-3-5-17(19)11-23-27/h3-6,11,15-16,22H,7-10,12-14H2,1-2H3. The minimum absolute atomic E-state index is 0.652. The third-order valence-corrected chi connectivity index (χ3v) is 6.21. The first kappa shape index (κ1) is 17.0. The summed E-state index contributed by atoms with van der Waals surface area (Å²) < 4.78 is 4.46. The van der Waals surface area contributed by atoms with Gasteiger partial charge in [-0.1, -0.05) is 18.2 Å². The van der Waals surface area contributed by atoms with Gasteiger partial charge >= 0.3 is 0 Å². The van der Waals surface area contributed by atoms with E-state index in [0.29, 0.717) is 12.0 Å². The number of likely N-dealkylation sites (tertiary alicyclic amines) is 1. The van der Waals surface area contributed by atoms with Crippen molar-refractivity contribution in [2.75, 3.05) is 13.1 Å². The number of nitrogens with zero attached hydrogens (tertiary/aromatic N) is 5. The van der Waals surface area contributed by atoms with E-state index in [1.807, 2.05) is 10.9 Å². The second kappa shape index (κ2) is 6.77. The maximum absolute atomic E-state index is 4.98. The summed E-state index contributed by atoms with van der Waals surface area (Å²) >= 11 is 0. The summed E-state index contributed by atoms with van der Waals surface area (Å²) in [5.74, 6) is 1.69. The Morgan fingerprint density at radius 3 is 2.78 bits per heavy atom. The van der Waals surface area contributed by atoms with E-state index in [2.05, 4.69) is 58.0 Å². The molecule has 0 radical (unpaired) electrons. The van der Waals surface area contributed by atoms with E-state index in [1.165, 1.54) is 37.3 Å². The monoisotopic (exact) mass is 364 g/mol. The Hall–Kier alpha value is -2.18. The second-order valence-electron chi connectivity index (χ2n) is 8.21. The van der Waals surface area contributed by atoms with Gasteiger partial charge in [-0.05, 0) is 51.8 Å². The number of rotatable bonds is 4. The molecule has 1 aromatic carbocycles. The van der Waals surface area contributed by atoms with Crippen molar-refractivity contribution in [2.45, 2.75) is 52.4 Å². The predicted octanol–water partition coefficient (Wildman–Crippen LogP) is 2.95. The Kier molecular flexibility index (Phi) is 4.25. The zero-order valence-corrected chi connectivity index (χ0v) is 16.2. The Bertz CT molecular complexity index is 945. The van der Waals surface area contributed by atoms with Gasteiger partial charge in [0.05, 0.1) is 23.1 Å². The van der Waals surface area contributed by atoms with Gasteiger partial charge in [0.2, 0.25) is 5.95 Å². The Morgan fingerprint density at radius 1 is 1.15 bits per heavy atom. The lowest BCUT2D eigenvalue weighted by Gasteiger charge is -2.35. The zero-order valence-electron chi connectivity index (χ0n) is 16.2. The second-order valence-corrected chi connectivity index (χ2v) is 8.21. The molecule has 4 heterocycles. The summed E-state index contributed by atoms with van der Waals surface area (Å²) in [6.45, 7) is 9.83. The highest BCUT2D eigenvalue weighted by Gasteiger charge is 2.27. The normalized spacial score (nSPS) is 18.6. The first-order valence-electron chi connectivity index (χ1n) is 10.2. The highest BCUT2D eigenvalue weighted by Crippen LogP contribution is 2.27. The smallest absolute Gasteiger partial charge is 0.231 e. The number of imidazole rings is 1. The molecule has 6 heteroatoms. The fraction of sp³-hybridized carbons (Fsp3) is 0.524. The van der Waals surface area contributed by atoms with Crippen LogP contribution in [0.15, 0.2) is 30.5 Å². The van der Waals surface area contributed by atoms with Crippen molar-refractivity contribution >= 4 is 10.9 Å². The van der Waals surface area contributed by atoms with E-state index >= 15 is 0 Å². The third-order valence-electron chi connectivity index (χ3n) is 6.21. The van der Waals surface area contributed by atoms with Gasteiger partial charge in [-0.2, -0.15) is 9.78 Å². The van der Waals surface area contributed by atoms with Crippen molar-refractivity contribution in [3.05, 3.63) is 41.9 Å². The molecule has 0 bridgehead atoms. The molecule has 0 spiro atoms. The molecule has 0 saturated carbocycles. The first-order valence-corrected chi connectivity index (χ1v) is 10.2. The molecular weight excluding hydrogens is 336 g/mol. The van der Waals surface area contributed by atoms with Gasteiger partial charge < -0.3 is 14.8 Å². The van der Waals surface area contributed by atoms with Crippen molar-refractivity contribution < 1.29 is 0 Å². The van der Waals surface area contributed by atoms with Crippen molar-refractivity contribution in [1.29, 1.82) is 0 Å². The van der Waals surface area contributed by atoms with E-state index in [1.54, 1.807) is 0 Å². The molecule has 142 valence electrons. The van der Waals surface area contributed by atoms with Crippen molar-refractivity contribution in [1.82, 2.24) is 29.5 Å². The van der Waals surface area contributed by atoms with Gasteiger partial charge in [0.15, 0.2) is 0 Å². The molecular formula is C21H28N6. The van der Waals surface area contributed by atoms with Crippen LogP contribution >= 0.6 is 0 Å². The van der Waals surface area contributed by atoms with Gasteiger partial charge in [0, 0.05) is 31.1 Å². The van der Waals surface area contributed by atoms with Crippen LogP contribution in [0.4, 0.5) is 0 Å². The highest BCUT2D eigenvalue weighted by molar-refractivity contribution is 5.79. The zero-order chi connectivity index (χ0) is 18.4. The molecule has 5 rings (SSSR count). The number of piperidine rings is 1. The summed E-state index contributed by atoms with van der Waals surface area (Å²) in [7, 11) is 0. The number of benzene rings is 1. The topological polar surface area (TPSA) is 50.9 Å². The summed E-state index contributed by atoms with van der Waals surface area (Å²) in [6.07, 6.45) is 4.47. The first-order chi connectivity index (χ1) is 13.2. The number of nitrogens with one attached hydrogen (secondary N) is 1. The highest BCUT2D eigenvalue weighted by atomic mass is 15.4. The van der Waals surface area contributed by atoms with Crippen LogP contribution in [0.5, 0.6) is 0 Å². The van der Waals surface area contributed by atoms with Crippen LogP contribution in [0.2, 0.25) is 0 Å². The van der Waals surface area contributed by atoms with Gasteiger partial charge in [0.1, 0.15) is 0 Å². The lowest BCUT2D eigenvalue weighted by Crippen LogP contribution is -2.39. The molecule has 2 aliphatic rings. The summed E-state index contributed by atoms with van der Waals surface area (Å²) in [6, 6.07) is 9.03. The Morgan fingerprint density at radius 2 is 1.96 bits per heavy atom. The van der Waals surface area contributed by atoms with E-state index < -0.39 is 0 Å². The Balaban J connectivity index is 1.48. The Labute approximate surface area is 160 Å². The molecule has 1 saturated heterocycles. The van der Waals surface area contributed by atoms with E-state index in [9.17, 15) is 0 Å². The van der Waals surface area contributed by atoms with E-state index in [0.717, 1.165) is 36.5 Å². The minimum atomic E-state index is 0.652. The van der Waals surface area contributed by atoms with Gasteiger partial charge in [-0.15, -0.1) is 0 Å². The van der Waals surface area contributed by atoms with Crippen LogP contribution in [0.25, 0.3) is 16.9 Å². The van der Waals surface area contributed by atoms with E-state index in [-0.39, 0.29) is 0 Å². The summed E-state index contributed by atoms with van der Waals surface area (Å²) in [5, 5.41) is 9.29. The minimum Gasteiger partial charge on any atom is -0.311 e. The van der Waals surface area contributed by atoms with Crippen molar-refractivity contribution in [3.63, 3.8) is 0 Å². The average Bonchev–Trinajstić information content (AvgIpc) is 3.37. The molecule has 2 aromatic heterocycles. The number of aromatic nitrogens is 4. The van der Waals surface area contributed by atoms with Crippen LogP contribution in [-0.2, 0) is 19.6 Å². The summed E-state index contributed by atoms with van der Waals surface area (Å²) in [4.78, 5) is 7.58. The largest absolute Gasteiger partial charge is 0.311 e. The molecule has 0 atom stereocenters. The fourth-order valence-corrected chi connectivity index (χ4v) is 4.56. The van der Waals surface area contributed by atoms with Crippen LogP contribution in [0.1, 0.15) is 38.1 Å².